The van der Waals surface area contributed by atoms with Crippen LogP contribution in [0.4, 0.5) is 0 Å². The minimum Gasteiger partial charge on any atom is -0.368 e. The fourth-order valence-corrected chi connectivity index (χ4v) is 2.11. The van der Waals surface area contributed by atoms with Crippen molar-refractivity contribution in [3.63, 3.8) is 0 Å². The van der Waals surface area contributed by atoms with Crippen LogP contribution in [-0.4, -0.2) is 44.0 Å². The van der Waals surface area contributed by atoms with Crippen molar-refractivity contribution >= 4 is 5.91 Å². The molecule has 0 rings (SSSR count). The van der Waals surface area contributed by atoms with Crippen molar-refractivity contribution in [1.82, 2.24) is 10.2 Å². The van der Waals surface area contributed by atoms with Gasteiger partial charge in [0.25, 0.3) is 0 Å². The summed E-state index contributed by atoms with van der Waals surface area (Å²) < 4.78 is 0. The Balaban J connectivity index is 3.57. The Morgan fingerprint density at radius 3 is 2.21 bits per heavy atom. The molecule has 1 unspecified atom stereocenters. The number of rotatable bonds is 13. The Morgan fingerprint density at radius 1 is 1.11 bits per heavy atom. The zero-order chi connectivity index (χ0) is 14.5. The maximum atomic E-state index is 11.3. The second-order valence-electron chi connectivity index (χ2n) is 5.62. The third-order valence-corrected chi connectivity index (χ3v) is 3.39. The average Bonchev–Trinajstić information content (AvgIpc) is 2.34. The van der Waals surface area contributed by atoms with Crippen molar-refractivity contribution in [3.8, 4) is 0 Å². The molecule has 0 spiro atoms. The second-order valence-corrected chi connectivity index (χ2v) is 5.62. The number of hydrogen-bond donors (Lipinski definition) is 2. The smallest absolute Gasteiger partial charge is 0.234 e. The number of nitrogens with zero attached hydrogens (tertiary/aromatic N) is 1. The molecule has 1 atom stereocenters. The van der Waals surface area contributed by atoms with E-state index < -0.39 is 0 Å². The van der Waals surface area contributed by atoms with E-state index in [9.17, 15) is 4.79 Å². The first-order valence-corrected chi connectivity index (χ1v) is 7.75. The first-order chi connectivity index (χ1) is 9.07. The highest BCUT2D eigenvalue weighted by atomic mass is 16.1. The highest BCUT2D eigenvalue weighted by Gasteiger charge is 2.13. The van der Waals surface area contributed by atoms with Crippen LogP contribution in [0.15, 0.2) is 0 Å². The van der Waals surface area contributed by atoms with Crippen LogP contribution >= 0.6 is 0 Å². The zero-order valence-corrected chi connectivity index (χ0v) is 13.1. The number of amides is 1. The van der Waals surface area contributed by atoms with E-state index in [-0.39, 0.29) is 11.9 Å². The molecule has 0 aromatic rings. The third kappa shape index (κ3) is 12.2. The quantitative estimate of drug-likeness (QED) is 0.505. The normalized spacial score (nSPS) is 12.8. The summed E-state index contributed by atoms with van der Waals surface area (Å²) in [6, 6.07) is -0.157. The monoisotopic (exact) mass is 271 g/mol. The van der Waals surface area contributed by atoms with Crippen LogP contribution in [0.1, 0.15) is 58.3 Å². The van der Waals surface area contributed by atoms with E-state index in [1.54, 1.807) is 0 Å². The predicted octanol–water partition coefficient (Wildman–Crippen LogP) is 2.13. The molecule has 0 aliphatic heterocycles. The summed E-state index contributed by atoms with van der Waals surface area (Å²) in [6.45, 7) is 3.98. The van der Waals surface area contributed by atoms with Crippen molar-refractivity contribution in [1.29, 1.82) is 0 Å². The van der Waals surface area contributed by atoms with Crippen molar-refractivity contribution < 1.29 is 4.79 Å². The molecule has 4 nitrogen and oxygen atoms in total. The van der Waals surface area contributed by atoms with E-state index in [2.05, 4.69) is 17.1 Å². The third-order valence-electron chi connectivity index (χ3n) is 3.39. The fraction of sp³-hybridized carbons (Fsp3) is 0.933. The van der Waals surface area contributed by atoms with E-state index in [1.165, 1.54) is 38.5 Å². The van der Waals surface area contributed by atoms with Gasteiger partial charge in [-0.15, -0.1) is 0 Å². The second kappa shape index (κ2) is 12.4. The minimum atomic E-state index is -0.218. The van der Waals surface area contributed by atoms with E-state index in [4.69, 9.17) is 5.73 Å². The molecule has 19 heavy (non-hydrogen) atoms. The number of primary amides is 1. The maximum absolute atomic E-state index is 11.3. The summed E-state index contributed by atoms with van der Waals surface area (Å²) in [5, 5.41) is 3.25. The van der Waals surface area contributed by atoms with Gasteiger partial charge in [-0.05, 0) is 20.5 Å². The molecule has 0 aromatic carbocycles. The number of nitrogens with two attached hydrogens (primary N) is 1. The van der Waals surface area contributed by atoms with E-state index >= 15 is 0 Å². The standard InChI is InChI=1S/C15H33N3O/c1-4-5-6-7-8-9-10-11-14(15(16)19)17-12-13-18(2)3/h14,17H,4-13H2,1-3H3,(H2,16,19). The molecule has 0 aliphatic carbocycles. The molecular formula is C15H33N3O. The van der Waals surface area contributed by atoms with Gasteiger partial charge in [0.05, 0.1) is 6.04 Å². The largest absolute Gasteiger partial charge is 0.368 e. The summed E-state index contributed by atoms with van der Waals surface area (Å²) >= 11 is 0. The lowest BCUT2D eigenvalue weighted by Gasteiger charge is -2.17. The molecule has 0 aromatic heterocycles. The summed E-state index contributed by atoms with van der Waals surface area (Å²) in [4.78, 5) is 13.4. The number of hydrogen-bond acceptors (Lipinski definition) is 3. The summed E-state index contributed by atoms with van der Waals surface area (Å²) in [5.74, 6) is -0.218. The van der Waals surface area contributed by atoms with Crippen LogP contribution in [0.2, 0.25) is 0 Å². The van der Waals surface area contributed by atoms with E-state index in [1.807, 2.05) is 14.1 Å². The van der Waals surface area contributed by atoms with Crippen LogP contribution in [0, 0.1) is 0 Å². The lowest BCUT2D eigenvalue weighted by molar-refractivity contribution is -0.120. The van der Waals surface area contributed by atoms with Gasteiger partial charge < -0.3 is 16.0 Å². The lowest BCUT2D eigenvalue weighted by atomic mass is 10.0. The molecule has 0 aliphatic rings. The molecule has 0 saturated heterocycles. The zero-order valence-electron chi connectivity index (χ0n) is 13.1. The highest BCUT2D eigenvalue weighted by Crippen LogP contribution is 2.09. The van der Waals surface area contributed by atoms with Crippen molar-refractivity contribution in [2.45, 2.75) is 64.3 Å². The predicted molar refractivity (Wildman–Crippen MR) is 82.1 cm³/mol. The summed E-state index contributed by atoms with van der Waals surface area (Å²) in [5.41, 5.74) is 5.42. The number of unbranched alkanes of at least 4 members (excludes halogenated alkanes) is 6. The van der Waals surface area contributed by atoms with Crippen molar-refractivity contribution in [2.24, 2.45) is 5.73 Å². The lowest BCUT2D eigenvalue weighted by Crippen LogP contribution is -2.43. The Bertz CT molecular complexity index is 219. The summed E-state index contributed by atoms with van der Waals surface area (Å²) in [6.07, 6.45) is 9.76. The topological polar surface area (TPSA) is 58.4 Å². The molecule has 114 valence electrons. The van der Waals surface area contributed by atoms with Gasteiger partial charge in [0.2, 0.25) is 5.91 Å². The van der Waals surface area contributed by atoms with Crippen LogP contribution in [0.25, 0.3) is 0 Å². The van der Waals surface area contributed by atoms with Crippen molar-refractivity contribution in [3.05, 3.63) is 0 Å². The van der Waals surface area contributed by atoms with E-state index in [0.29, 0.717) is 0 Å². The van der Waals surface area contributed by atoms with E-state index in [0.717, 1.165) is 25.9 Å². The van der Waals surface area contributed by atoms with Gasteiger partial charge in [-0.1, -0.05) is 51.9 Å². The molecule has 3 N–H and O–H groups in total. The molecule has 0 bridgehead atoms. The minimum absolute atomic E-state index is 0.157. The van der Waals surface area contributed by atoms with Gasteiger partial charge in [-0.2, -0.15) is 0 Å². The molecular weight excluding hydrogens is 238 g/mol. The number of nitrogens with one attached hydrogen (secondary N) is 1. The molecule has 1 amide bonds. The molecule has 4 heteroatoms. The first-order valence-electron chi connectivity index (χ1n) is 7.75. The number of carbonyl (C=O) groups is 1. The highest BCUT2D eigenvalue weighted by molar-refractivity contribution is 5.79. The molecule has 0 radical (unpaired) electrons. The number of likely N-dealkylation sites (N-methyl/N-ethyl adjacent to an activating group) is 1. The Hall–Kier alpha value is -0.610. The first kappa shape index (κ1) is 18.4. The van der Waals surface area contributed by atoms with Crippen LogP contribution in [0.5, 0.6) is 0 Å². The van der Waals surface area contributed by atoms with Gasteiger partial charge >= 0.3 is 0 Å². The fourth-order valence-electron chi connectivity index (χ4n) is 2.11. The van der Waals surface area contributed by atoms with Crippen molar-refractivity contribution in [2.75, 3.05) is 27.2 Å². The maximum Gasteiger partial charge on any atom is 0.234 e. The van der Waals surface area contributed by atoms with Gasteiger partial charge in [0.1, 0.15) is 0 Å². The molecule has 0 heterocycles. The molecule has 0 saturated carbocycles. The van der Waals surface area contributed by atoms with Crippen LogP contribution < -0.4 is 11.1 Å². The molecule has 0 fully saturated rings. The SMILES string of the molecule is CCCCCCCCCC(NCCN(C)C)C(N)=O. The van der Waals surface area contributed by atoms with Crippen LogP contribution in [-0.2, 0) is 4.79 Å². The van der Waals surface area contributed by atoms with Gasteiger partial charge in [-0.25, -0.2) is 0 Å². The van der Waals surface area contributed by atoms with Crippen LogP contribution in [0.3, 0.4) is 0 Å². The average molecular weight is 271 g/mol. The van der Waals surface area contributed by atoms with Gasteiger partial charge in [0.15, 0.2) is 0 Å². The number of carbonyl (C=O) groups excluding carboxylic acids is 1. The Kier molecular flexibility index (Phi) is 12.0. The summed E-state index contributed by atoms with van der Waals surface area (Å²) in [7, 11) is 4.05. The van der Waals surface area contributed by atoms with Gasteiger partial charge in [0, 0.05) is 13.1 Å². The Morgan fingerprint density at radius 2 is 1.68 bits per heavy atom. The Labute approximate surface area is 119 Å². The van der Waals surface area contributed by atoms with Gasteiger partial charge in [-0.3, -0.25) is 4.79 Å².